The molecule has 2 aromatic rings. The van der Waals surface area contributed by atoms with Crippen molar-refractivity contribution in [1.82, 2.24) is 9.97 Å². The van der Waals surface area contributed by atoms with E-state index < -0.39 is 17.2 Å². The lowest BCUT2D eigenvalue weighted by Gasteiger charge is -2.10. The molecule has 0 fully saturated rings. The maximum absolute atomic E-state index is 12.6. The van der Waals surface area contributed by atoms with Crippen LogP contribution in [0.1, 0.15) is 18.2 Å². The average Bonchev–Trinajstić information content (AvgIpc) is 2.37. The van der Waals surface area contributed by atoms with Crippen LogP contribution >= 0.6 is 11.6 Å². The van der Waals surface area contributed by atoms with E-state index in [1.807, 2.05) is 25.1 Å². The molecule has 1 aromatic carbocycles. The number of hydrogen-bond donors (Lipinski definition) is 1. The van der Waals surface area contributed by atoms with E-state index >= 15 is 0 Å². The minimum Gasteiger partial charge on any atom is -0.340 e. The second-order valence-corrected chi connectivity index (χ2v) is 4.42. The van der Waals surface area contributed by atoms with Crippen LogP contribution in [0.3, 0.4) is 0 Å². The molecular weight excluding hydrogens is 291 g/mol. The van der Waals surface area contributed by atoms with Crippen molar-refractivity contribution in [1.29, 1.82) is 0 Å². The molecule has 1 N–H and O–H groups in total. The van der Waals surface area contributed by atoms with Crippen molar-refractivity contribution in [3.63, 3.8) is 0 Å². The lowest BCUT2D eigenvalue weighted by molar-refractivity contribution is -0.141. The highest BCUT2D eigenvalue weighted by Gasteiger charge is 2.33. The topological polar surface area (TPSA) is 37.8 Å². The fraction of sp³-hybridized carbons (Fsp3) is 0.231. The zero-order valence-electron chi connectivity index (χ0n) is 10.5. The van der Waals surface area contributed by atoms with Gasteiger partial charge >= 0.3 is 6.18 Å². The van der Waals surface area contributed by atoms with Crippen LogP contribution in [0, 0.1) is 0 Å². The Morgan fingerprint density at radius 3 is 2.60 bits per heavy atom. The predicted molar refractivity (Wildman–Crippen MR) is 71.1 cm³/mol. The third kappa shape index (κ3) is 3.60. The first-order chi connectivity index (χ1) is 9.38. The maximum Gasteiger partial charge on any atom is 0.433 e. The van der Waals surface area contributed by atoms with Gasteiger partial charge < -0.3 is 5.32 Å². The van der Waals surface area contributed by atoms with Crippen LogP contribution in [-0.2, 0) is 12.6 Å². The lowest BCUT2D eigenvalue weighted by Crippen LogP contribution is -2.10. The number of anilines is 2. The van der Waals surface area contributed by atoms with Crippen molar-refractivity contribution in [3.8, 4) is 0 Å². The first-order valence-corrected chi connectivity index (χ1v) is 6.24. The van der Waals surface area contributed by atoms with Crippen LogP contribution in [0.15, 0.2) is 30.3 Å². The van der Waals surface area contributed by atoms with Crippen LogP contribution < -0.4 is 5.32 Å². The SMILES string of the molecule is CCc1cccc(Nc2cc(C(F)(F)F)nc(Cl)n2)c1. The van der Waals surface area contributed by atoms with Crippen LogP contribution in [0.2, 0.25) is 5.28 Å². The molecule has 7 heteroatoms. The molecule has 0 aliphatic heterocycles. The second kappa shape index (κ2) is 5.66. The monoisotopic (exact) mass is 301 g/mol. The smallest absolute Gasteiger partial charge is 0.340 e. The Hall–Kier alpha value is -1.82. The van der Waals surface area contributed by atoms with E-state index in [9.17, 15) is 13.2 Å². The minimum atomic E-state index is -4.56. The molecule has 0 bridgehead atoms. The summed E-state index contributed by atoms with van der Waals surface area (Å²) < 4.78 is 37.9. The van der Waals surface area contributed by atoms with Gasteiger partial charge in [-0.15, -0.1) is 0 Å². The van der Waals surface area contributed by atoms with Gasteiger partial charge in [-0.2, -0.15) is 13.2 Å². The van der Waals surface area contributed by atoms with E-state index in [-0.39, 0.29) is 5.82 Å². The number of benzene rings is 1. The average molecular weight is 302 g/mol. The number of nitrogens with one attached hydrogen (secondary N) is 1. The summed E-state index contributed by atoms with van der Waals surface area (Å²) in [5, 5.41) is 2.35. The Morgan fingerprint density at radius 2 is 1.95 bits per heavy atom. The predicted octanol–water partition coefficient (Wildman–Crippen LogP) is 4.45. The number of alkyl halides is 3. The van der Waals surface area contributed by atoms with Crippen molar-refractivity contribution in [2.45, 2.75) is 19.5 Å². The fourth-order valence-corrected chi connectivity index (χ4v) is 1.83. The van der Waals surface area contributed by atoms with Crippen LogP contribution in [0.25, 0.3) is 0 Å². The van der Waals surface area contributed by atoms with Gasteiger partial charge in [0, 0.05) is 11.8 Å². The molecule has 0 aliphatic carbocycles. The minimum absolute atomic E-state index is 0.00516. The Bertz CT molecular complexity index is 614. The van der Waals surface area contributed by atoms with Crippen LogP contribution in [-0.4, -0.2) is 9.97 Å². The Morgan fingerprint density at radius 1 is 1.20 bits per heavy atom. The van der Waals surface area contributed by atoms with Gasteiger partial charge in [-0.25, -0.2) is 9.97 Å². The van der Waals surface area contributed by atoms with Gasteiger partial charge in [0.25, 0.3) is 0 Å². The molecule has 2 rings (SSSR count). The van der Waals surface area contributed by atoms with Gasteiger partial charge in [-0.3, -0.25) is 0 Å². The number of halogens is 4. The van der Waals surface area contributed by atoms with E-state index in [1.54, 1.807) is 6.07 Å². The first kappa shape index (κ1) is 14.6. The number of aromatic nitrogens is 2. The van der Waals surface area contributed by atoms with Gasteiger partial charge in [0.1, 0.15) is 5.82 Å². The molecule has 3 nitrogen and oxygen atoms in total. The summed E-state index contributed by atoms with van der Waals surface area (Å²) in [6, 6.07) is 8.14. The van der Waals surface area contributed by atoms with E-state index in [0.29, 0.717) is 5.69 Å². The standard InChI is InChI=1S/C13H11ClF3N3/c1-2-8-4-3-5-9(6-8)18-11-7-10(13(15,16)17)19-12(14)20-11/h3-7H,2H2,1H3,(H,18,19,20). The molecule has 0 radical (unpaired) electrons. The summed E-state index contributed by atoms with van der Waals surface area (Å²) in [5.41, 5.74) is 0.630. The summed E-state index contributed by atoms with van der Waals surface area (Å²) >= 11 is 5.52. The molecule has 0 spiro atoms. The maximum atomic E-state index is 12.6. The fourth-order valence-electron chi connectivity index (χ4n) is 1.64. The zero-order chi connectivity index (χ0) is 14.8. The Kier molecular flexibility index (Phi) is 4.13. The van der Waals surface area contributed by atoms with E-state index in [0.717, 1.165) is 18.1 Å². The van der Waals surface area contributed by atoms with Crippen molar-refractivity contribution in [2.24, 2.45) is 0 Å². The van der Waals surface area contributed by atoms with E-state index in [1.165, 1.54) is 0 Å². The highest BCUT2D eigenvalue weighted by Crippen LogP contribution is 2.30. The zero-order valence-corrected chi connectivity index (χ0v) is 11.3. The summed E-state index contributed by atoms with van der Waals surface area (Å²) in [4.78, 5) is 6.91. The molecule has 0 atom stereocenters. The van der Waals surface area contributed by atoms with Crippen molar-refractivity contribution >= 4 is 23.1 Å². The highest BCUT2D eigenvalue weighted by molar-refractivity contribution is 6.28. The molecule has 0 aliphatic rings. The van der Waals surface area contributed by atoms with Gasteiger partial charge in [-0.1, -0.05) is 19.1 Å². The third-order valence-electron chi connectivity index (χ3n) is 2.60. The largest absolute Gasteiger partial charge is 0.433 e. The van der Waals surface area contributed by atoms with Gasteiger partial charge in [0.05, 0.1) is 0 Å². The Balaban J connectivity index is 2.31. The van der Waals surface area contributed by atoms with Gasteiger partial charge in [0.2, 0.25) is 5.28 Å². The molecule has 0 unspecified atom stereocenters. The summed E-state index contributed by atoms with van der Waals surface area (Å²) in [5.74, 6) is 0.00516. The number of rotatable bonds is 3. The normalized spacial score (nSPS) is 11.4. The van der Waals surface area contributed by atoms with Gasteiger partial charge in [-0.05, 0) is 35.7 Å². The molecule has 1 aromatic heterocycles. The number of hydrogen-bond acceptors (Lipinski definition) is 3. The third-order valence-corrected chi connectivity index (χ3v) is 2.77. The molecule has 1 heterocycles. The van der Waals surface area contributed by atoms with Crippen molar-refractivity contribution < 1.29 is 13.2 Å². The van der Waals surface area contributed by atoms with Gasteiger partial charge in [0.15, 0.2) is 5.69 Å². The molecule has 0 saturated heterocycles. The van der Waals surface area contributed by atoms with Crippen molar-refractivity contribution in [2.75, 3.05) is 5.32 Å². The molecule has 0 saturated carbocycles. The molecular formula is C13H11ClF3N3. The quantitative estimate of drug-likeness (QED) is 0.851. The molecule has 20 heavy (non-hydrogen) atoms. The van der Waals surface area contributed by atoms with E-state index in [4.69, 9.17) is 11.6 Å². The summed E-state index contributed by atoms with van der Waals surface area (Å²) in [6.45, 7) is 1.99. The highest BCUT2D eigenvalue weighted by atomic mass is 35.5. The van der Waals surface area contributed by atoms with E-state index in [2.05, 4.69) is 15.3 Å². The second-order valence-electron chi connectivity index (χ2n) is 4.08. The van der Waals surface area contributed by atoms with Crippen LogP contribution in [0.5, 0.6) is 0 Å². The summed E-state index contributed by atoms with van der Waals surface area (Å²) in [7, 11) is 0. The number of nitrogens with zero attached hydrogens (tertiary/aromatic N) is 2. The lowest BCUT2D eigenvalue weighted by atomic mass is 10.1. The molecule has 106 valence electrons. The van der Waals surface area contributed by atoms with Crippen LogP contribution in [0.4, 0.5) is 24.7 Å². The number of aryl methyl sites for hydroxylation is 1. The summed E-state index contributed by atoms with van der Waals surface area (Å²) in [6.07, 6.45) is -3.73. The molecule has 0 amide bonds. The Labute approximate surface area is 118 Å². The van der Waals surface area contributed by atoms with Crippen molar-refractivity contribution in [3.05, 3.63) is 46.9 Å². The first-order valence-electron chi connectivity index (χ1n) is 5.86.